The van der Waals surface area contributed by atoms with Crippen molar-refractivity contribution in [3.8, 4) is 0 Å². The van der Waals surface area contributed by atoms with Gasteiger partial charge in [0.2, 0.25) is 5.91 Å². The van der Waals surface area contributed by atoms with Gasteiger partial charge in [0.1, 0.15) is 17.3 Å². The highest BCUT2D eigenvalue weighted by molar-refractivity contribution is 6.31. The van der Waals surface area contributed by atoms with Gasteiger partial charge < -0.3 is 9.32 Å². The van der Waals surface area contributed by atoms with Crippen LogP contribution in [0.4, 0.5) is 4.39 Å². The molecule has 1 heterocycles. The molecule has 0 atom stereocenters. The lowest BCUT2D eigenvalue weighted by Gasteiger charge is -2.25. The fourth-order valence-electron chi connectivity index (χ4n) is 2.83. The van der Waals surface area contributed by atoms with E-state index in [1.807, 2.05) is 24.0 Å². The van der Waals surface area contributed by atoms with Gasteiger partial charge in [-0.2, -0.15) is 0 Å². The molecule has 0 spiro atoms. The number of amides is 1. The summed E-state index contributed by atoms with van der Waals surface area (Å²) in [5, 5.41) is 0.400. The summed E-state index contributed by atoms with van der Waals surface area (Å²) < 4.78 is 19.6. The van der Waals surface area contributed by atoms with Gasteiger partial charge in [-0.3, -0.25) is 9.69 Å². The van der Waals surface area contributed by atoms with Crippen molar-refractivity contribution < 1.29 is 13.6 Å². The van der Waals surface area contributed by atoms with Gasteiger partial charge in [-0.05, 0) is 44.0 Å². The molecule has 1 aromatic heterocycles. The van der Waals surface area contributed by atoms with E-state index in [0.29, 0.717) is 29.7 Å². The summed E-state index contributed by atoms with van der Waals surface area (Å²) in [6.07, 6.45) is 2.06. The van der Waals surface area contributed by atoms with Crippen LogP contribution in [-0.2, 0) is 17.9 Å². The minimum Gasteiger partial charge on any atom is -0.464 e. The number of nitrogens with zero attached hydrogens (tertiary/aromatic N) is 2. The number of hydrogen-bond donors (Lipinski definition) is 0. The molecule has 0 radical (unpaired) electrons. The number of rotatable bonds is 7. The van der Waals surface area contributed by atoms with Crippen molar-refractivity contribution in [1.82, 2.24) is 9.80 Å². The van der Waals surface area contributed by atoms with Crippen molar-refractivity contribution in [3.63, 3.8) is 0 Å². The van der Waals surface area contributed by atoms with E-state index >= 15 is 0 Å². The topological polar surface area (TPSA) is 36.7 Å². The van der Waals surface area contributed by atoms with E-state index in [2.05, 4.69) is 0 Å². The van der Waals surface area contributed by atoms with Crippen LogP contribution in [0.3, 0.4) is 0 Å². The van der Waals surface area contributed by atoms with E-state index in [0.717, 1.165) is 24.4 Å². The quantitative estimate of drug-likeness (QED) is 0.745. The van der Waals surface area contributed by atoms with Crippen LogP contribution in [0.25, 0.3) is 0 Å². The second-order valence-corrected chi connectivity index (χ2v) is 7.01. The highest BCUT2D eigenvalue weighted by Crippen LogP contribution is 2.30. The van der Waals surface area contributed by atoms with Crippen molar-refractivity contribution in [1.29, 1.82) is 0 Å². The molecule has 134 valence electrons. The molecule has 6 heteroatoms. The van der Waals surface area contributed by atoms with Crippen LogP contribution in [0.2, 0.25) is 5.02 Å². The molecule has 1 amide bonds. The molecular formula is C19H22ClFN2O2. The first-order chi connectivity index (χ1) is 11.9. The van der Waals surface area contributed by atoms with E-state index < -0.39 is 0 Å². The average molecular weight is 365 g/mol. The number of furan rings is 1. The lowest BCUT2D eigenvalue weighted by molar-refractivity contribution is -0.132. The average Bonchev–Trinajstić information content (AvgIpc) is 3.33. The van der Waals surface area contributed by atoms with Crippen LogP contribution >= 0.6 is 11.6 Å². The lowest BCUT2D eigenvalue weighted by Crippen LogP contribution is -2.39. The maximum Gasteiger partial charge on any atom is 0.236 e. The number of halogens is 2. The summed E-state index contributed by atoms with van der Waals surface area (Å²) in [4.78, 5) is 16.2. The van der Waals surface area contributed by atoms with Gasteiger partial charge in [-0.15, -0.1) is 0 Å². The Bertz CT molecular complexity index is 737. The molecule has 1 fully saturated rings. The number of carbonyl (C=O) groups is 1. The van der Waals surface area contributed by atoms with Crippen LogP contribution in [0.15, 0.2) is 34.7 Å². The largest absolute Gasteiger partial charge is 0.464 e. The second kappa shape index (κ2) is 7.58. The Kier molecular flexibility index (Phi) is 5.45. The molecular weight excluding hydrogens is 343 g/mol. The first-order valence-corrected chi connectivity index (χ1v) is 8.78. The van der Waals surface area contributed by atoms with Crippen LogP contribution in [0.5, 0.6) is 0 Å². The summed E-state index contributed by atoms with van der Waals surface area (Å²) >= 11 is 6.13. The van der Waals surface area contributed by atoms with Crippen LogP contribution in [0.1, 0.15) is 29.9 Å². The molecule has 0 saturated heterocycles. The number of benzene rings is 1. The van der Waals surface area contributed by atoms with E-state index in [1.54, 1.807) is 24.1 Å². The highest BCUT2D eigenvalue weighted by atomic mass is 35.5. The van der Waals surface area contributed by atoms with E-state index in [1.165, 1.54) is 6.07 Å². The molecule has 0 aliphatic heterocycles. The summed E-state index contributed by atoms with van der Waals surface area (Å²) in [6, 6.07) is 8.74. The SMILES string of the molecule is Cc1ccc(CN(C)C(=O)CN(Cc2c(F)cccc2Cl)C2CC2)o1. The standard InChI is InChI=1S/C19H22ClFN2O2/c1-13-6-9-15(25-13)10-22(2)19(24)12-23(14-7-8-14)11-16-17(20)4-3-5-18(16)21/h3-6,9,14H,7-8,10-12H2,1-2H3. The van der Waals surface area contributed by atoms with E-state index in [-0.39, 0.29) is 18.3 Å². The predicted octanol–water partition coefficient (Wildman–Crippen LogP) is 4.00. The van der Waals surface area contributed by atoms with Crippen molar-refractivity contribution in [2.75, 3.05) is 13.6 Å². The molecule has 1 aromatic carbocycles. The molecule has 4 nitrogen and oxygen atoms in total. The number of carbonyl (C=O) groups excluding carboxylic acids is 1. The number of hydrogen-bond acceptors (Lipinski definition) is 3. The van der Waals surface area contributed by atoms with Gasteiger partial charge in [0.05, 0.1) is 13.1 Å². The molecule has 2 aromatic rings. The molecule has 1 aliphatic carbocycles. The Morgan fingerprint density at radius 3 is 2.64 bits per heavy atom. The van der Waals surface area contributed by atoms with Crippen molar-refractivity contribution in [2.45, 2.75) is 38.9 Å². The van der Waals surface area contributed by atoms with Crippen molar-refractivity contribution in [2.24, 2.45) is 0 Å². The monoisotopic (exact) mass is 364 g/mol. The van der Waals surface area contributed by atoms with Crippen LogP contribution in [0, 0.1) is 12.7 Å². The van der Waals surface area contributed by atoms with Gasteiger partial charge in [0, 0.05) is 30.2 Å². The highest BCUT2D eigenvalue weighted by Gasteiger charge is 2.32. The number of aryl methyl sites for hydroxylation is 1. The Balaban J connectivity index is 1.64. The fourth-order valence-corrected chi connectivity index (χ4v) is 3.05. The molecule has 0 N–H and O–H groups in total. The van der Waals surface area contributed by atoms with Gasteiger partial charge in [0.25, 0.3) is 0 Å². The van der Waals surface area contributed by atoms with Gasteiger partial charge in [0.15, 0.2) is 0 Å². The lowest BCUT2D eigenvalue weighted by atomic mass is 10.2. The second-order valence-electron chi connectivity index (χ2n) is 6.60. The Morgan fingerprint density at radius 2 is 2.04 bits per heavy atom. The van der Waals surface area contributed by atoms with Crippen LogP contribution < -0.4 is 0 Å². The van der Waals surface area contributed by atoms with Crippen molar-refractivity contribution >= 4 is 17.5 Å². The normalized spacial score (nSPS) is 14.1. The predicted molar refractivity (Wildman–Crippen MR) is 94.8 cm³/mol. The third-order valence-corrected chi connectivity index (χ3v) is 4.79. The first kappa shape index (κ1) is 18.0. The Morgan fingerprint density at radius 1 is 1.28 bits per heavy atom. The zero-order valence-corrected chi connectivity index (χ0v) is 15.2. The van der Waals surface area contributed by atoms with E-state index in [4.69, 9.17) is 16.0 Å². The minimum atomic E-state index is -0.329. The maximum atomic E-state index is 14.1. The molecule has 25 heavy (non-hydrogen) atoms. The van der Waals surface area contributed by atoms with Crippen LogP contribution in [-0.4, -0.2) is 35.3 Å². The zero-order valence-electron chi connectivity index (χ0n) is 14.5. The third-order valence-electron chi connectivity index (χ3n) is 4.44. The summed E-state index contributed by atoms with van der Waals surface area (Å²) in [7, 11) is 1.75. The summed E-state index contributed by atoms with van der Waals surface area (Å²) in [6.45, 7) is 2.88. The maximum absolute atomic E-state index is 14.1. The van der Waals surface area contributed by atoms with Crippen molar-refractivity contribution in [3.05, 3.63) is 58.3 Å². The Labute approximate surface area is 152 Å². The third kappa shape index (κ3) is 4.61. The minimum absolute atomic E-state index is 0.0200. The molecule has 1 saturated carbocycles. The number of likely N-dealkylation sites (N-methyl/N-ethyl adjacent to an activating group) is 1. The fraction of sp³-hybridized carbons (Fsp3) is 0.421. The smallest absolute Gasteiger partial charge is 0.236 e. The van der Waals surface area contributed by atoms with E-state index in [9.17, 15) is 9.18 Å². The molecule has 0 bridgehead atoms. The van der Waals surface area contributed by atoms with Gasteiger partial charge in [-0.25, -0.2) is 4.39 Å². The Hall–Kier alpha value is -1.85. The summed E-state index contributed by atoms with van der Waals surface area (Å²) in [5.41, 5.74) is 0.452. The molecule has 3 rings (SSSR count). The molecule has 0 unspecified atom stereocenters. The first-order valence-electron chi connectivity index (χ1n) is 8.40. The van der Waals surface area contributed by atoms with Gasteiger partial charge >= 0.3 is 0 Å². The van der Waals surface area contributed by atoms with Gasteiger partial charge in [-0.1, -0.05) is 17.7 Å². The zero-order chi connectivity index (χ0) is 18.0. The summed E-state index contributed by atoms with van der Waals surface area (Å²) in [5.74, 6) is 1.23. The molecule has 1 aliphatic rings.